The van der Waals surface area contributed by atoms with Gasteiger partial charge in [-0.3, -0.25) is 14.2 Å². The Morgan fingerprint density at radius 1 is 1.12 bits per heavy atom. The van der Waals surface area contributed by atoms with Gasteiger partial charge < -0.3 is 14.2 Å². The summed E-state index contributed by atoms with van der Waals surface area (Å²) in [6, 6.07) is 17.5. The van der Waals surface area contributed by atoms with Gasteiger partial charge in [-0.25, -0.2) is 4.98 Å². The second-order valence-electron chi connectivity index (χ2n) is 7.65. The minimum atomic E-state index is -0.240. The molecule has 0 aliphatic carbocycles. The molecule has 1 amide bonds. The fraction of sp³-hybridized carbons (Fsp3) is 0.240. The highest BCUT2D eigenvalue weighted by molar-refractivity contribution is 5.92. The number of nitrogens with zero attached hydrogens (tertiary/aromatic N) is 4. The predicted octanol–water partition coefficient (Wildman–Crippen LogP) is 3.46. The monoisotopic (exact) mass is 430 g/mol. The maximum Gasteiger partial charge on any atom is 0.278 e. The van der Waals surface area contributed by atoms with Gasteiger partial charge in [0.15, 0.2) is 0 Å². The fourth-order valence-electron chi connectivity index (χ4n) is 3.85. The van der Waals surface area contributed by atoms with Gasteiger partial charge in [-0.15, -0.1) is 0 Å². The van der Waals surface area contributed by atoms with Gasteiger partial charge in [0.2, 0.25) is 5.91 Å². The molecule has 0 N–H and O–H groups in total. The van der Waals surface area contributed by atoms with Gasteiger partial charge in [-0.05, 0) is 30.2 Å². The second-order valence-corrected chi connectivity index (χ2v) is 7.65. The molecule has 2 heterocycles. The molecule has 0 fully saturated rings. The Morgan fingerprint density at radius 3 is 2.62 bits per heavy atom. The number of benzene rings is 2. The largest absolute Gasteiger partial charge is 0.497 e. The number of aromatic nitrogens is 3. The van der Waals surface area contributed by atoms with Crippen molar-refractivity contribution < 1.29 is 9.53 Å². The minimum Gasteiger partial charge on any atom is -0.497 e. The number of hydrogen-bond donors (Lipinski definition) is 0. The summed E-state index contributed by atoms with van der Waals surface area (Å²) in [5.74, 6) is 0.610. The molecule has 4 aromatic rings. The van der Waals surface area contributed by atoms with E-state index >= 15 is 0 Å². The molecule has 0 saturated heterocycles. The zero-order valence-corrected chi connectivity index (χ0v) is 18.5. The molecule has 0 radical (unpaired) electrons. The van der Waals surface area contributed by atoms with Crippen LogP contribution in [0.25, 0.3) is 22.2 Å². The predicted molar refractivity (Wildman–Crippen MR) is 124 cm³/mol. The summed E-state index contributed by atoms with van der Waals surface area (Å²) in [5, 5.41) is 0. The molecule has 4 rings (SSSR count). The Balaban J connectivity index is 1.64. The molecule has 0 atom stereocenters. The average molecular weight is 431 g/mol. The summed E-state index contributed by atoms with van der Waals surface area (Å²) in [7, 11) is 3.43. The standard InChI is InChI=1S/C25H26N4O3/c1-4-28(14-18-9-6-5-7-10-18)22(30)16-29-17-26-23-21(15-27(2)24(23)25(29)31)19-11-8-12-20(13-19)32-3/h5-13,15,17H,4,14,16H2,1-3H3. The molecule has 0 aliphatic heterocycles. The summed E-state index contributed by atoms with van der Waals surface area (Å²) in [6.07, 6.45) is 3.34. The lowest BCUT2D eigenvalue weighted by Crippen LogP contribution is -2.36. The van der Waals surface area contributed by atoms with E-state index in [2.05, 4.69) is 4.98 Å². The highest BCUT2D eigenvalue weighted by Gasteiger charge is 2.18. The Bertz CT molecular complexity index is 1310. The van der Waals surface area contributed by atoms with Gasteiger partial charge in [0.05, 0.1) is 13.4 Å². The number of ether oxygens (including phenoxy) is 1. The molecular formula is C25H26N4O3. The van der Waals surface area contributed by atoms with Crippen molar-refractivity contribution in [2.24, 2.45) is 7.05 Å². The maximum absolute atomic E-state index is 13.2. The van der Waals surface area contributed by atoms with Crippen LogP contribution in [0.1, 0.15) is 12.5 Å². The van der Waals surface area contributed by atoms with Crippen LogP contribution in [0.15, 0.2) is 71.9 Å². The molecule has 7 nitrogen and oxygen atoms in total. The van der Waals surface area contributed by atoms with E-state index in [0.29, 0.717) is 24.1 Å². The van der Waals surface area contributed by atoms with Crippen LogP contribution in [-0.2, 0) is 24.9 Å². The number of amides is 1. The van der Waals surface area contributed by atoms with Crippen LogP contribution >= 0.6 is 0 Å². The van der Waals surface area contributed by atoms with Crippen LogP contribution in [-0.4, -0.2) is 38.6 Å². The molecule has 2 aromatic carbocycles. The Labute approximate surface area is 186 Å². The summed E-state index contributed by atoms with van der Waals surface area (Å²) >= 11 is 0. The van der Waals surface area contributed by atoms with Gasteiger partial charge in [0.25, 0.3) is 5.56 Å². The van der Waals surface area contributed by atoms with E-state index in [1.54, 1.807) is 16.6 Å². The summed E-state index contributed by atoms with van der Waals surface area (Å²) in [4.78, 5) is 32.4. The first-order valence-corrected chi connectivity index (χ1v) is 10.5. The van der Waals surface area contributed by atoms with Crippen LogP contribution in [0.4, 0.5) is 0 Å². The quantitative estimate of drug-likeness (QED) is 0.450. The van der Waals surface area contributed by atoms with Crippen molar-refractivity contribution in [2.75, 3.05) is 13.7 Å². The highest BCUT2D eigenvalue weighted by atomic mass is 16.5. The number of carbonyl (C=O) groups excluding carboxylic acids is 1. The Morgan fingerprint density at radius 2 is 1.91 bits per heavy atom. The van der Waals surface area contributed by atoms with Crippen LogP contribution in [0.2, 0.25) is 0 Å². The Kier molecular flexibility index (Phi) is 6.07. The third-order valence-electron chi connectivity index (χ3n) is 5.58. The molecule has 32 heavy (non-hydrogen) atoms. The first-order valence-electron chi connectivity index (χ1n) is 10.5. The molecule has 0 saturated carbocycles. The molecular weight excluding hydrogens is 404 g/mol. The molecule has 0 aliphatic rings. The summed E-state index contributed by atoms with van der Waals surface area (Å²) in [6.45, 7) is 2.94. The van der Waals surface area contributed by atoms with Crippen molar-refractivity contribution >= 4 is 16.9 Å². The number of hydrogen-bond acceptors (Lipinski definition) is 4. The smallest absolute Gasteiger partial charge is 0.278 e. The van der Waals surface area contributed by atoms with E-state index in [-0.39, 0.29) is 18.0 Å². The maximum atomic E-state index is 13.2. The van der Waals surface area contributed by atoms with E-state index in [1.807, 2.05) is 74.8 Å². The number of likely N-dealkylation sites (N-methyl/N-ethyl adjacent to an activating group) is 1. The van der Waals surface area contributed by atoms with Crippen molar-refractivity contribution in [2.45, 2.75) is 20.0 Å². The summed E-state index contributed by atoms with van der Waals surface area (Å²) in [5.41, 5.74) is 3.63. The van der Waals surface area contributed by atoms with Gasteiger partial charge in [-0.2, -0.15) is 0 Å². The minimum absolute atomic E-state index is 0.0535. The van der Waals surface area contributed by atoms with Crippen molar-refractivity contribution in [3.8, 4) is 16.9 Å². The summed E-state index contributed by atoms with van der Waals surface area (Å²) < 4.78 is 8.47. The van der Waals surface area contributed by atoms with Crippen molar-refractivity contribution in [3.63, 3.8) is 0 Å². The molecule has 7 heteroatoms. The molecule has 2 aromatic heterocycles. The van der Waals surface area contributed by atoms with Gasteiger partial charge >= 0.3 is 0 Å². The number of fused-ring (bicyclic) bond motifs is 1. The zero-order valence-electron chi connectivity index (χ0n) is 18.5. The molecule has 164 valence electrons. The lowest BCUT2D eigenvalue weighted by atomic mass is 10.1. The molecule has 0 bridgehead atoms. The molecule has 0 spiro atoms. The first-order chi connectivity index (χ1) is 15.5. The average Bonchev–Trinajstić information content (AvgIpc) is 3.17. The SMILES string of the molecule is CCN(Cc1ccccc1)C(=O)Cn1cnc2c(-c3cccc(OC)c3)cn(C)c2c1=O. The van der Waals surface area contributed by atoms with E-state index < -0.39 is 0 Å². The van der Waals surface area contributed by atoms with Crippen molar-refractivity contribution in [1.82, 2.24) is 19.0 Å². The van der Waals surface area contributed by atoms with Gasteiger partial charge in [-0.1, -0.05) is 42.5 Å². The second kappa shape index (κ2) is 9.09. The Hall–Kier alpha value is -3.87. The van der Waals surface area contributed by atoms with Crippen molar-refractivity contribution in [3.05, 3.63) is 83.0 Å². The van der Waals surface area contributed by atoms with Crippen LogP contribution in [0.3, 0.4) is 0 Å². The third kappa shape index (κ3) is 4.14. The lowest BCUT2D eigenvalue weighted by Gasteiger charge is -2.21. The normalized spacial score (nSPS) is 11.0. The third-order valence-corrected chi connectivity index (χ3v) is 5.58. The van der Waals surface area contributed by atoms with Crippen LogP contribution in [0.5, 0.6) is 5.75 Å². The number of carbonyl (C=O) groups is 1. The molecule has 0 unspecified atom stereocenters. The fourth-order valence-corrected chi connectivity index (χ4v) is 3.85. The zero-order chi connectivity index (χ0) is 22.7. The lowest BCUT2D eigenvalue weighted by molar-refractivity contribution is -0.132. The van der Waals surface area contributed by atoms with Gasteiger partial charge in [0, 0.05) is 31.9 Å². The van der Waals surface area contributed by atoms with Crippen molar-refractivity contribution in [1.29, 1.82) is 0 Å². The van der Waals surface area contributed by atoms with E-state index in [4.69, 9.17) is 4.74 Å². The van der Waals surface area contributed by atoms with E-state index in [0.717, 1.165) is 22.4 Å². The van der Waals surface area contributed by atoms with E-state index in [1.165, 1.54) is 10.9 Å². The van der Waals surface area contributed by atoms with Crippen LogP contribution in [0, 0.1) is 0 Å². The highest BCUT2D eigenvalue weighted by Crippen LogP contribution is 2.29. The first kappa shape index (κ1) is 21.4. The number of rotatable bonds is 7. The van der Waals surface area contributed by atoms with E-state index in [9.17, 15) is 9.59 Å². The number of methoxy groups -OCH3 is 1. The topological polar surface area (TPSA) is 69.4 Å². The van der Waals surface area contributed by atoms with Gasteiger partial charge in [0.1, 0.15) is 23.3 Å². The van der Waals surface area contributed by atoms with Crippen LogP contribution < -0.4 is 10.3 Å². The number of aryl methyl sites for hydroxylation is 1.